The van der Waals surface area contributed by atoms with Crippen LogP contribution in [0.3, 0.4) is 0 Å². The number of methoxy groups -OCH3 is 1. The molecule has 1 aromatic rings. The van der Waals surface area contributed by atoms with Gasteiger partial charge in [-0.25, -0.2) is 4.39 Å². The number of carbonyl (C=O) groups excluding carboxylic acids is 2. The molecule has 5 nitrogen and oxygen atoms in total. The van der Waals surface area contributed by atoms with Gasteiger partial charge >= 0.3 is 5.97 Å². The molecule has 0 atom stereocenters. The summed E-state index contributed by atoms with van der Waals surface area (Å²) in [5.74, 6) is -0.913. The SMILES string of the molecule is CCN(CC)CCCCN(CCC(=O)OC)C(=O)c1ccc(F)cc1. The Labute approximate surface area is 149 Å². The molecule has 1 rings (SSSR count). The standard InChI is InChI=1S/C19H29FN2O3/c1-4-21(5-2)13-6-7-14-22(15-12-18(23)25-3)19(24)16-8-10-17(20)11-9-16/h8-11H,4-7,12-15H2,1-3H3. The van der Waals surface area contributed by atoms with E-state index in [1.54, 1.807) is 4.90 Å². The summed E-state index contributed by atoms with van der Waals surface area (Å²) >= 11 is 0. The van der Waals surface area contributed by atoms with Gasteiger partial charge in [0.25, 0.3) is 5.91 Å². The summed E-state index contributed by atoms with van der Waals surface area (Å²) in [5.41, 5.74) is 0.426. The second kappa shape index (κ2) is 11.6. The fourth-order valence-corrected chi connectivity index (χ4v) is 2.60. The van der Waals surface area contributed by atoms with Crippen molar-refractivity contribution in [1.29, 1.82) is 0 Å². The number of carbonyl (C=O) groups is 2. The predicted molar refractivity (Wildman–Crippen MR) is 96.0 cm³/mol. The zero-order valence-electron chi connectivity index (χ0n) is 15.5. The molecule has 0 aromatic heterocycles. The molecule has 0 radical (unpaired) electrons. The molecule has 25 heavy (non-hydrogen) atoms. The zero-order chi connectivity index (χ0) is 18.7. The Hall–Kier alpha value is -1.95. The van der Waals surface area contributed by atoms with Crippen molar-refractivity contribution in [2.75, 3.05) is 39.8 Å². The molecule has 0 N–H and O–H groups in total. The van der Waals surface area contributed by atoms with Crippen molar-refractivity contribution >= 4 is 11.9 Å². The van der Waals surface area contributed by atoms with Gasteiger partial charge in [-0.3, -0.25) is 9.59 Å². The van der Waals surface area contributed by atoms with Crippen LogP contribution in [0.25, 0.3) is 0 Å². The van der Waals surface area contributed by atoms with Gasteiger partial charge in [-0.05, 0) is 56.7 Å². The van der Waals surface area contributed by atoms with Crippen LogP contribution in [0, 0.1) is 5.82 Å². The number of nitrogens with zero attached hydrogens (tertiary/aromatic N) is 2. The van der Waals surface area contributed by atoms with Gasteiger partial charge in [0.05, 0.1) is 13.5 Å². The summed E-state index contributed by atoms with van der Waals surface area (Å²) in [6.07, 6.45) is 1.98. The van der Waals surface area contributed by atoms with Crippen molar-refractivity contribution in [2.24, 2.45) is 0 Å². The molecule has 0 spiro atoms. The molecule has 140 valence electrons. The summed E-state index contributed by atoms with van der Waals surface area (Å²) in [4.78, 5) is 28.0. The summed E-state index contributed by atoms with van der Waals surface area (Å²) < 4.78 is 17.7. The highest BCUT2D eigenvalue weighted by Gasteiger charge is 2.17. The Morgan fingerprint density at radius 2 is 1.60 bits per heavy atom. The highest BCUT2D eigenvalue weighted by molar-refractivity contribution is 5.94. The number of unbranched alkanes of at least 4 members (excludes halogenated alkanes) is 1. The molecule has 0 aliphatic carbocycles. The van der Waals surface area contributed by atoms with E-state index in [0.29, 0.717) is 18.7 Å². The number of esters is 1. The first kappa shape index (κ1) is 21.1. The third-order valence-electron chi connectivity index (χ3n) is 4.24. The Kier molecular flexibility index (Phi) is 9.77. The first-order valence-electron chi connectivity index (χ1n) is 8.85. The Morgan fingerprint density at radius 3 is 2.16 bits per heavy atom. The van der Waals surface area contributed by atoms with Crippen molar-refractivity contribution in [3.8, 4) is 0 Å². The van der Waals surface area contributed by atoms with Crippen molar-refractivity contribution in [3.05, 3.63) is 35.6 Å². The molecule has 1 amide bonds. The van der Waals surface area contributed by atoms with Crippen LogP contribution in [0.4, 0.5) is 4.39 Å². The lowest BCUT2D eigenvalue weighted by molar-refractivity contribution is -0.140. The molecule has 6 heteroatoms. The van der Waals surface area contributed by atoms with Gasteiger partial charge in [0.2, 0.25) is 0 Å². The van der Waals surface area contributed by atoms with Crippen molar-refractivity contribution < 1.29 is 18.7 Å². The predicted octanol–water partition coefficient (Wildman–Crippen LogP) is 2.95. The van der Waals surface area contributed by atoms with E-state index >= 15 is 0 Å². The lowest BCUT2D eigenvalue weighted by Crippen LogP contribution is -2.34. The van der Waals surface area contributed by atoms with Gasteiger partial charge in [0, 0.05) is 18.7 Å². The monoisotopic (exact) mass is 352 g/mol. The minimum atomic E-state index is -0.378. The summed E-state index contributed by atoms with van der Waals surface area (Å²) in [6, 6.07) is 5.48. The Bertz CT molecular complexity index is 530. The molecule has 0 bridgehead atoms. The van der Waals surface area contributed by atoms with Crippen LogP contribution in [-0.4, -0.2) is 61.5 Å². The number of halogens is 1. The zero-order valence-corrected chi connectivity index (χ0v) is 15.5. The Balaban J connectivity index is 2.63. The fourth-order valence-electron chi connectivity index (χ4n) is 2.60. The molecule has 0 fully saturated rings. The molecule has 0 aliphatic heterocycles. The molecular formula is C19H29FN2O3. The molecule has 0 heterocycles. The van der Waals surface area contributed by atoms with Crippen LogP contribution in [-0.2, 0) is 9.53 Å². The third-order valence-corrected chi connectivity index (χ3v) is 4.24. The van der Waals surface area contributed by atoms with Gasteiger partial charge in [0.15, 0.2) is 0 Å². The van der Waals surface area contributed by atoms with Gasteiger partial charge < -0.3 is 14.5 Å². The van der Waals surface area contributed by atoms with Crippen LogP contribution < -0.4 is 0 Å². The van der Waals surface area contributed by atoms with Gasteiger partial charge in [-0.15, -0.1) is 0 Å². The van der Waals surface area contributed by atoms with E-state index in [2.05, 4.69) is 23.5 Å². The van der Waals surface area contributed by atoms with Gasteiger partial charge in [-0.1, -0.05) is 13.8 Å². The smallest absolute Gasteiger partial charge is 0.307 e. The number of amides is 1. The number of hydrogen-bond donors (Lipinski definition) is 0. The molecule has 0 saturated carbocycles. The maximum atomic E-state index is 13.1. The lowest BCUT2D eigenvalue weighted by atomic mass is 10.1. The van der Waals surface area contributed by atoms with Crippen LogP contribution in [0.15, 0.2) is 24.3 Å². The van der Waals surface area contributed by atoms with E-state index in [1.807, 2.05) is 0 Å². The maximum Gasteiger partial charge on any atom is 0.307 e. The third kappa shape index (κ3) is 7.65. The molecule has 0 saturated heterocycles. The van der Waals surface area contributed by atoms with Crippen LogP contribution in [0.2, 0.25) is 0 Å². The van der Waals surface area contributed by atoms with Crippen molar-refractivity contribution in [2.45, 2.75) is 33.1 Å². The van der Waals surface area contributed by atoms with E-state index in [4.69, 9.17) is 0 Å². The number of hydrogen-bond acceptors (Lipinski definition) is 4. The van der Waals surface area contributed by atoms with Crippen molar-refractivity contribution in [3.63, 3.8) is 0 Å². The minimum Gasteiger partial charge on any atom is -0.469 e. The largest absolute Gasteiger partial charge is 0.469 e. The quantitative estimate of drug-likeness (QED) is 0.454. The first-order valence-corrected chi connectivity index (χ1v) is 8.85. The summed E-state index contributed by atoms with van der Waals surface area (Å²) in [5, 5.41) is 0. The molecule has 0 unspecified atom stereocenters. The molecule has 1 aromatic carbocycles. The fraction of sp³-hybridized carbons (Fsp3) is 0.579. The second-order valence-corrected chi connectivity index (χ2v) is 5.86. The number of rotatable bonds is 11. The average molecular weight is 352 g/mol. The second-order valence-electron chi connectivity index (χ2n) is 5.86. The summed E-state index contributed by atoms with van der Waals surface area (Å²) in [7, 11) is 1.33. The average Bonchev–Trinajstić information content (AvgIpc) is 2.64. The van der Waals surface area contributed by atoms with E-state index in [9.17, 15) is 14.0 Å². The first-order chi connectivity index (χ1) is 12.0. The summed E-state index contributed by atoms with van der Waals surface area (Å²) in [6.45, 7) is 8.13. The molecule has 0 aliphatic rings. The van der Waals surface area contributed by atoms with Gasteiger partial charge in [-0.2, -0.15) is 0 Å². The van der Waals surface area contributed by atoms with E-state index in [0.717, 1.165) is 32.5 Å². The maximum absolute atomic E-state index is 13.1. The van der Waals surface area contributed by atoms with Crippen LogP contribution in [0.5, 0.6) is 0 Å². The number of benzene rings is 1. The van der Waals surface area contributed by atoms with Crippen molar-refractivity contribution in [1.82, 2.24) is 9.80 Å². The number of ether oxygens (including phenoxy) is 1. The lowest BCUT2D eigenvalue weighted by Gasteiger charge is -2.23. The molecular weight excluding hydrogens is 323 g/mol. The topological polar surface area (TPSA) is 49.9 Å². The Morgan fingerprint density at radius 1 is 1.00 bits per heavy atom. The van der Waals surface area contributed by atoms with Crippen LogP contribution in [0.1, 0.15) is 43.5 Å². The highest BCUT2D eigenvalue weighted by atomic mass is 19.1. The van der Waals surface area contributed by atoms with Gasteiger partial charge in [0.1, 0.15) is 5.82 Å². The van der Waals surface area contributed by atoms with E-state index in [1.165, 1.54) is 31.4 Å². The van der Waals surface area contributed by atoms with E-state index in [-0.39, 0.29) is 24.1 Å². The normalized spacial score (nSPS) is 10.8. The minimum absolute atomic E-state index is 0.152. The van der Waals surface area contributed by atoms with Crippen LogP contribution >= 0.6 is 0 Å². The highest BCUT2D eigenvalue weighted by Crippen LogP contribution is 2.09. The van der Waals surface area contributed by atoms with E-state index < -0.39 is 0 Å².